The summed E-state index contributed by atoms with van der Waals surface area (Å²) in [6, 6.07) is 13.3. The van der Waals surface area contributed by atoms with Crippen LogP contribution >= 0.6 is 0 Å². The number of ether oxygens (including phenoxy) is 2. The summed E-state index contributed by atoms with van der Waals surface area (Å²) in [6.07, 6.45) is 3.91. The van der Waals surface area contributed by atoms with E-state index in [0.29, 0.717) is 24.7 Å². The van der Waals surface area contributed by atoms with Gasteiger partial charge in [0.05, 0.1) is 18.1 Å². The van der Waals surface area contributed by atoms with Gasteiger partial charge in [-0.15, -0.1) is 0 Å². The molecule has 0 radical (unpaired) electrons. The molecule has 0 spiro atoms. The molecule has 0 atom stereocenters. The number of hydrogen-bond donors (Lipinski definition) is 0. The van der Waals surface area contributed by atoms with Gasteiger partial charge >= 0.3 is 0 Å². The molecule has 2 aromatic carbocycles. The van der Waals surface area contributed by atoms with Crippen LogP contribution in [0.4, 0.5) is 0 Å². The minimum atomic E-state index is -3.63. The predicted octanol–water partition coefficient (Wildman–Crippen LogP) is 4.88. The molecule has 0 saturated carbocycles. The van der Waals surface area contributed by atoms with Gasteiger partial charge in [0.15, 0.2) is 0 Å². The second kappa shape index (κ2) is 9.47. The summed E-state index contributed by atoms with van der Waals surface area (Å²) in [4.78, 5) is 0.438. The van der Waals surface area contributed by atoms with Crippen molar-refractivity contribution in [1.82, 2.24) is 0 Å². The van der Waals surface area contributed by atoms with Crippen LogP contribution in [0.15, 0.2) is 58.3 Å². The van der Waals surface area contributed by atoms with E-state index in [2.05, 4.69) is 13.8 Å². The largest absolute Gasteiger partial charge is 0.494 e. The number of sulfone groups is 1. The molecular formula is C20H26O4S. The Morgan fingerprint density at radius 3 is 2.04 bits per heavy atom. The minimum Gasteiger partial charge on any atom is -0.494 e. The maximum absolute atomic E-state index is 12.9. The predicted molar refractivity (Wildman–Crippen MR) is 99.1 cm³/mol. The van der Waals surface area contributed by atoms with Crippen molar-refractivity contribution in [2.75, 3.05) is 13.2 Å². The van der Waals surface area contributed by atoms with E-state index in [1.165, 1.54) is 0 Å². The monoisotopic (exact) mass is 362 g/mol. The lowest BCUT2D eigenvalue weighted by molar-refractivity contribution is 0.301. The summed E-state index contributed by atoms with van der Waals surface area (Å²) in [5.74, 6) is 1.08. The molecule has 136 valence electrons. The van der Waals surface area contributed by atoms with Crippen molar-refractivity contribution in [2.45, 2.75) is 49.3 Å². The summed E-state index contributed by atoms with van der Waals surface area (Å²) >= 11 is 0. The van der Waals surface area contributed by atoms with Gasteiger partial charge in [-0.05, 0) is 49.2 Å². The zero-order valence-corrected chi connectivity index (χ0v) is 15.7. The Balaban J connectivity index is 2.21. The smallest absolute Gasteiger partial charge is 0.210 e. The fraction of sp³-hybridized carbons (Fsp3) is 0.400. The van der Waals surface area contributed by atoms with Crippen molar-refractivity contribution >= 4 is 9.84 Å². The van der Waals surface area contributed by atoms with Gasteiger partial charge in [0.25, 0.3) is 0 Å². The van der Waals surface area contributed by atoms with Crippen molar-refractivity contribution in [1.29, 1.82) is 0 Å². The zero-order chi connectivity index (χ0) is 18.1. The van der Waals surface area contributed by atoms with Gasteiger partial charge in [-0.3, -0.25) is 0 Å². The molecule has 25 heavy (non-hydrogen) atoms. The third-order valence-corrected chi connectivity index (χ3v) is 5.60. The maximum Gasteiger partial charge on any atom is 0.210 e. The number of para-hydroxylation sites is 1. The van der Waals surface area contributed by atoms with Gasteiger partial charge in [-0.2, -0.15) is 0 Å². The summed E-state index contributed by atoms with van der Waals surface area (Å²) in [5.41, 5.74) is 0. The van der Waals surface area contributed by atoms with Crippen LogP contribution < -0.4 is 9.47 Å². The molecule has 0 bridgehead atoms. The fourth-order valence-electron chi connectivity index (χ4n) is 2.29. The van der Waals surface area contributed by atoms with Gasteiger partial charge in [0.2, 0.25) is 9.84 Å². The molecule has 0 fully saturated rings. The standard InChI is InChI=1S/C20H26O4S/c1-3-5-15-23-17-11-13-18(14-12-17)25(21,22)20-10-8-7-9-19(20)24-16-6-4-2/h7-14H,3-6,15-16H2,1-2H3. The van der Waals surface area contributed by atoms with E-state index in [9.17, 15) is 8.42 Å². The Hall–Kier alpha value is -2.01. The Morgan fingerprint density at radius 2 is 1.40 bits per heavy atom. The highest BCUT2D eigenvalue weighted by atomic mass is 32.2. The van der Waals surface area contributed by atoms with E-state index in [0.717, 1.165) is 25.7 Å². The maximum atomic E-state index is 12.9. The van der Waals surface area contributed by atoms with Crippen molar-refractivity contribution in [3.05, 3.63) is 48.5 Å². The minimum absolute atomic E-state index is 0.200. The van der Waals surface area contributed by atoms with E-state index in [1.807, 2.05) is 0 Å². The van der Waals surface area contributed by atoms with E-state index in [-0.39, 0.29) is 9.79 Å². The Kier molecular flexibility index (Phi) is 7.31. The molecule has 0 heterocycles. The average Bonchev–Trinajstić information content (AvgIpc) is 2.63. The molecule has 0 aromatic heterocycles. The Labute approximate surface area is 150 Å². The first-order valence-corrected chi connectivity index (χ1v) is 10.3. The molecule has 0 aliphatic rings. The number of hydrogen-bond acceptors (Lipinski definition) is 4. The fourth-order valence-corrected chi connectivity index (χ4v) is 3.69. The third-order valence-electron chi connectivity index (χ3n) is 3.79. The van der Waals surface area contributed by atoms with Crippen LogP contribution in [0.2, 0.25) is 0 Å². The summed E-state index contributed by atoms with van der Waals surface area (Å²) in [6.45, 7) is 5.30. The average molecular weight is 362 g/mol. The van der Waals surface area contributed by atoms with Crippen LogP contribution in [-0.2, 0) is 9.84 Å². The van der Waals surface area contributed by atoms with Crippen molar-refractivity contribution < 1.29 is 17.9 Å². The third kappa shape index (κ3) is 5.23. The van der Waals surface area contributed by atoms with Crippen LogP contribution in [0, 0.1) is 0 Å². The van der Waals surface area contributed by atoms with Gasteiger partial charge in [0.1, 0.15) is 16.4 Å². The molecule has 4 nitrogen and oxygen atoms in total. The Bertz CT molecular complexity index is 752. The number of benzene rings is 2. The van der Waals surface area contributed by atoms with Crippen LogP contribution in [-0.4, -0.2) is 21.6 Å². The lowest BCUT2D eigenvalue weighted by atomic mass is 10.3. The molecule has 0 N–H and O–H groups in total. The number of unbranched alkanes of at least 4 members (excludes halogenated alkanes) is 2. The highest BCUT2D eigenvalue weighted by molar-refractivity contribution is 7.91. The van der Waals surface area contributed by atoms with Gasteiger partial charge in [0, 0.05) is 0 Å². The molecule has 0 amide bonds. The van der Waals surface area contributed by atoms with E-state index in [1.54, 1.807) is 48.5 Å². The number of rotatable bonds is 10. The van der Waals surface area contributed by atoms with Gasteiger partial charge in [-0.1, -0.05) is 38.8 Å². The molecule has 0 aliphatic heterocycles. The molecule has 0 unspecified atom stereocenters. The van der Waals surface area contributed by atoms with Crippen molar-refractivity contribution in [3.8, 4) is 11.5 Å². The van der Waals surface area contributed by atoms with Crippen LogP contribution in [0.25, 0.3) is 0 Å². The summed E-state index contributed by atoms with van der Waals surface area (Å²) < 4.78 is 37.1. The second-order valence-electron chi connectivity index (χ2n) is 5.83. The molecular weight excluding hydrogens is 336 g/mol. The van der Waals surface area contributed by atoms with Gasteiger partial charge in [-0.25, -0.2) is 8.42 Å². The van der Waals surface area contributed by atoms with Crippen LogP contribution in [0.5, 0.6) is 11.5 Å². The zero-order valence-electron chi connectivity index (χ0n) is 14.9. The van der Waals surface area contributed by atoms with Gasteiger partial charge < -0.3 is 9.47 Å². The molecule has 2 rings (SSSR count). The highest BCUT2D eigenvalue weighted by Gasteiger charge is 2.22. The summed E-state index contributed by atoms with van der Waals surface area (Å²) in [7, 11) is -3.63. The normalized spacial score (nSPS) is 11.3. The molecule has 0 saturated heterocycles. The lowest BCUT2D eigenvalue weighted by Gasteiger charge is -2.12. The van der Waals surface area contributed by atoms with E-state index in [4.69, 9.17) is 9.47 Å². The first-order chi connectivity index (χ1) is 12.1. The SMILES string of the molecule is CCCCOc1ccc(S(=O)(=O)c2ccccc2OCCCC)cc1. The lowest BCUT2D eigenvalue weighted by Crippen LogP contribution is -2.06. The molecule has 5 heteroatoms. The van der Waals surface area contributed by atoms with Crippen molar-refractivity contribution in [2.24, 2.45) is 0 Å². The topological polar surface area (TPSA) is 52.6 Å². The van der Waals surface area contributed by atoms with E-state index >= 15 is 0 Å². The first-order valence-electron chi connectivity index (χ1n) is 8.79. The quantitative estimate of drug-likeness (QED) is 0.565. The van der Waals surface area contributed by atoms with Crippen LogP contribution in [0.3, 0.4) is 0 Å². The second-order valence-corrected chi connectivity index (χ2v) is 7.74. The van der Waals surface area contributed by atoms with Crippen molar-refractivity contribution in [3.63, 3.8) is 0 Å². The van der Waals surface area contributed by atoms with Crippen LogP contribution in [0.1, 0.15) is 39.5 Å². The highest BCUT2D eigenvalue weighted by Crippen LogP contribution is 2.30. The Morgan fingerprint density at radius 1 is 0.800 bits per heavy atom. The molecule has 0 aliphatic carbocycles. The summed E-state index contributed by atoms with van der Waals surface area (Å²) in [5, 5.41) is 0. The molecule has 2 aromatic rings. The van der Waals surface area contributed by atoms with E-state index < -0.39 is 9.84 Å². The first kappa shape index (κ1) is 19.3.